The molecule has 3 rings (SSSR count). The van der Waals surface area contributed by atoms with Crippen molar-refractivity contribution >= 4 is 29.5 Å². The van der Waals surface area contributed by atoms with Gasteiger partial charge in [-0.1, -0.05) is 29.8 Å². The summed E-state index contributed by atoms with van der Waals surface area (Å²) in [7, 11) is 0. The molecule has 26 heavy (non-hydrogen) atoms. The molecule has 1 atom stereocenters. The second-order valence-electron chi connectivity index (χ2n) is 6.28. The first-order chi connectivity index (χ1) is 12.4. The summed E-state index contributed by atoms with van der Waals surface area (Å²) in [5, 5.41) is 5.33. The van der Waals surface area contributed by atoms with Gasteiger partial charge in [0.1, 0.15) is 11.3 Å². The summed E-state index contributed by atoms with van der Waals surface area (Å²) in [5.41, 5.74) is 0.426. The maximum absolute atomic E-state index is 12.1. The van der Waals surface area contributed by atoms with Gasteiger partial charge in [-0.25, -0.2) is 9.59 Å². The van der Waals surface area contributed by atoms with Crippen LogP contribution in [0.5, 0.6) is 5.75 Å². The molecule has 0 bridgehead atoms. The Morgan fingerprint density at radius 2 is 1.88 bits per heavy atom. The Labute approximate surface area is 155 Å². The lowest BCUT2D eigenvalue weighted by Crippen LogP contribution is -2.43. The van der Waals surface area contributed by atoms with Crippen molar-refractivity contribution in [1.82, 2.24) is 10.6 Å². The molecule has 0 radical (unpaired) electrons. The van der Waals surface area contributed by atoms with Gasteiger partial charge in [0, 0.05) is 5.02 Å². The molecule has 134 valence electrons. The van der Waals surface area contributed by atoms with Gasteiger partial charge in [0.25, 0.3) is 5.91 Å². The molecule has 1 aliphatic heterocycles. The number of esters is 1. The van der Waals surface area contributed by atoms with Crippen LogP contribution in [0.2, 0.25) is 5.02 Å². The lowest BCUT2D eigenvalue weighted by molar-refractivity contribution is -0.123. The molecule has 0 unspecified atom stereocenters. The minimum absolute atomic E-state index is 0.324. The molecule has 3 amide bonds. The van der Waals surface area contributed by atoms with E-state index in [0.717, 1.165) is 5.56 Å². The predicted octanol–water partition coefficient (Wildman–Crippen LogP) is 3.09. The van der Waals surface area contributed by atoms with Gasteiger partial charge in [-0.3, -0.25) is 10.1 Å². The van der Waals surface area contributed by atoms with E-state index >= 15 is 0 Å². The number of benzene rings is 2. The Bertz CT molecular complexity index is 866. The van der Waals surface area contributed by atoms with Crippen LogP contribution in [0.4, 0.5) is 4.79 Å². The Balaban J connectivity index is 1.59. The molecular weight excluding hydrogens is 356 g/mol. The first-order valence-corrected chi connectivity index (χ1v) is 8.44. The largest absolute Gasteiger partial charge is 0.423 e. The molecule has 1 saturated heterocycles. The summed E-state index contributed by atoms with van der Waals surface area (Å²) in [6, 6.07) is 13.1. The molecule has 0 aliphatic carbocycles. The molecule has 2 N–H and O–H groups in total. The number of hydrogen-bond donors (Lipinski definition) is 2. The molecule has 2 aromatic carbocycles. The van der Waals surface area contributed by atoms with Gasteiger partial charge in [-0.2, -0.15) is 0 Å². The lowest BCUT2D eigenvalue weighted by atomic mass is 9.93. The molecule has 1 fully saturated rings. The minimum atomic E-state index is -0.908. The Hall–Kier alpha value is -2.86. The number of ether oxygens (including phenoxy) is 1. The maximum Gasteiger partial charge on any atom is 0.343 e. The third kappa shape index (κ3) is 4.03. The van der Waals surface area contributed by atoms with Crippen molar-refractivity contribution < 1.29 is 19.1 Å². The number of imide groups is 1. The first kappa shape index (κ1) is 17.9. The van der Waals surface area contributed by atoms with Gasteiger partial charge in [0.15, 0.2) is 0 Å². The number of nitrogens with one attached hydrogen (secondary N) is 2. The normalized spacial score (nSPS) is 19.0. The van der Waals surface area contributed by atoms with Crippen LogP contribution in [-0.4, -0.2) is 23.4 Å². The average molecular weight is 373 g/mol. The fourth-order valence-corrected chi connectivity index (χ4v) is 2.85. The molecule has 0 saturated carbocycles. The van der Waals surface area contributed by atoms with E-state index in [4.69, 9.17) is 16.3 Å². The minimum Gasteiger partial charge on any atom is -0.423 e. The van der Waals surface area contributed by atoms with Crippen molar-refractivity contribution in [2.45, 2.75) is 25.3 Å². The summed E-state index contributed by atoms with van der Waals surface area (Å²) in [6.45, 7) is 1.69. The van der Waals surface area contributed by atoms with E-state index in [1.165, 1.54) is 0 Å². The highest BCUT2D eigenvalue weighted by Crippen LogP contribution is 2.20. The van der Waals surface area contributed by atoms with E-state index in [0.29, 0.717) is 29.2 Å². The van der Waals surface area contributed by atoms with E-state index < -0.39 is 17.5 Å². The average Bonchev–Trinajstić information content (AvgIpc) is 2.86. The van der Waals surface area contributed by atoms with Crippen LogP contribution in [-0.2, 0) is 11.2 Å². The van der Waals surface area contributed by atoms with Crippen LogP contribution in [0.3, 0.4) is 0 Å². The maximum atomic E-state index is 12.1. The van der Waals surface area contributed by atoms with Crippen LogP contribution in [0, 0.1) is 0 Å². The van der Waals surface area contributed by atoms with Crippen molar-refractivity contribution in [2.24, 2.45) is 0 Å². The van der Waals surface area contributed by atoms with Crippen molar-refractivity contribution in [2.75, 3.05) is 0 Å². The number of rotatable bonds is 5. The number of urea groups is 1. The zero-order chi connectivity index (χ0) is 18.7. The first-order valence-electron chi connectivity index (χ1n) is 8.06. The van der Waals surface area contributed by atoms with Crippen LogP contribution in [0.1, 0.15) is 29.3 Å². The fraction of sp³-hybridized carbons (Fsp3) is 0.211. The van der Waals surface area contributed by atoms with E-state index in [9.17, 15) is 14.4 Å². The fourth-order valence-electron chi connectivity index (χ4n) is 2.66. The van der Waals surface area contributed by atoms with Gasteiger partial charge in [-0.15, -0.1) is 0 Å². The topological polar surface area (TPSA) is 84.5 Å². The zero-order valence-corrected chi connectivity index (χ0v) is 14.8. The summed E-state index contributed by atoms with van der Waals surface area (Å²) >= 11 is 5.87. The molecule has 1 aliphatic rings. The van der Waals surface area contributed by atoms with Crippen LogP contribution < -0.4 is 15.4 Å². The van der Waals surface area contributed by atoms with Crippen LogP contribution >= 0.6 is 11.6 Å². The smallest absolute Gasteiger partial charge is 0.343 e. The summed E-state index contributed by atoms with van der Waals surface area (Å²) < 4.78 is 5.32. The van der Waals surface area contributed by atoms with Gasteiger partial charge < -0.3 is 10.1 Å². The standard InChI is InChI=1S/C19H17ClN2O4/c1-19(17(24)21-18(25)22-19)10-9-12-5-7-15(8-6-12)26-16(23)13-3-2-4-14(20)11-13/h2-8,11H,9-10H2,1H3,(H2,21,22,24,25)/t19-/m1/s1. The Morgan fingerprint density at radius 1 is 1.15 bits per heavy atom. The zero-order valence-electron chi connectivity index (χ0n) is 14.0. The second-order valence-corrected chi connectivity index (χ2v) is 6.72. The van der Waals surface area contributed by atoms with E-state index in [-0.39, 0.29) is 5.91 Å². The highest BCUT2D eigenvalue weighted by molar-refractivity contribution is 6.30. The molecule has 1 heterocycles. The highest BCUT2D eigenvalue weighted by atomic mass is 35.5. The van der Waals surface area contributed by atoms with Gasteiger partial charge in [-0.05, 0) is 55.7 Å². The monoisotopic (exact) mass is 372 g/mol. The number of amides is 3. The van der Waals surface area contributed by atoms with E-state index in [2.05, 4.69) is 10.6 Å². The Kier molecular flexibility index (Phi) is 4.95. The SMILES string of the molecule is C[C@]1(CCc2ccc(OC(=O)c3cccc(Cl)c3)cc2)NC(=O)NC1=O. The molecular formula is C19H17ClN2O4. The third-order valence-electron chi connectivity index (χ3n) is 4.23. The van der Waals surface area contributed by atoms with E-state index in [1.807, 2.05) is 12.1 Å². The van der Waals surface area contributed by atoms with Gasteiger partial charge >= 0.3 is 12.0 Å². The predicted molar refractivity (Wildman–Crippen MR) is 96.3 cm³/mol. The van der Waals surface area contributed by atoms with Crippen molar-refractivity contribution in [3.63, 3.8) is 0 Å². The Morgan fingerprint density at radius 3 is 2.50 bits per heavy atom. The van der Waals surface area contributed by atoms with Crippen molar-refractivity contribution in [1.29, 1.82) is 0 Å². The number of aryl methyl sites for hydroxylation is 1. The van der Waals surface area contributed by atoms with Crippen molar-refractivity contribution in [3.05, 3.63) is 64.7 Å². The number of carbonyl (C=O) groups is 3. The van der Waals surface area contributed by atoms with Gasteiger partial charge in [0.05, 0.1) is 5.56 Å². The number of carbonyl (C=O) groups excluding carboxylic acids is 3. The molecule has 2 aromatic rings. The quantitative estimate of drug-likeness (QED) is 0.480. The van der Waals surface area contributed by atoms with Crippen molar-refractivity contribution in [3.8, 4) is 5.75 Å². The molecule has 0 spiro atoms. The van der Waals surface area contributed by atoms with Crippen LogP contribution in [0.15, 0.2) is 48.5 Å². The van der Waals surface area contributed by atoms with E-state index in [1.54, 1.807) is 43.3 Å². The molecule has 7 heteroatoms. The second kappa shape index (κ2) is 7.17. The van der Waals surface area contributed by atoms with Gasteiger partial charge in [0.2, 0.25) is 0 Å². The lowest BCUT2D eigenvalue weighted by Gasteiger charge is -2.20. The number of hydrogen-bond acceptors (Lipinski definition) is 4. The molecule has 6 nitrogen and oxygen atoms in total. The summed E-state index contributed by atoms with van der Waals surface area (Å²) in [6.07, 6.45) is 1.05. The summed E-state index contributed by atoms with van der Waals surface area (Å²) in [5.74, 6) is -0.399. The third-order valence-corrected chi connectivity index (χ3v) is 4.46. The summed E-state index contributed by atoms with van der Waals surface area (Å²) in [4.78, 5) is 35.2. The number of halogens is 1. The molecule has 0 aromatic heterocycles. The highest BCUT2D eigenvalue weighted by Gasteiger charge is 2.41. The van der Waals surface area contributed by atoms with Crippen LogP contribution in [0.25, 0.3) is 0 Å².